The van der Waals surface area contributed by atoms with E-state index < -0.39 is 0 Å². The standard InChI is InChI=1S/C18H21N3O3/c22-16-14-4-2-1-3-13(14)15(11-20-16)17(23)21-8-5-18(6-9-21)12-19-7-10-24-18/h1-4,11,19H,5-10,12H2,(H,20,22). The van der Waals surface area contributed by atoms with Crippen LogP contribution < -0.4 is 10.9 Å². The maximum atomic E-state index is 12.9. The molecule has 2 aromatic rings. The molecule has 0 saturated carbocycles. The molecule has 4 rings (SSSR count). The highest BCUT2D eigenvalue weighted by Gasteiger charge is 2.38. The molecule has 3 heterocycles. The number of hydrogen-bond acceptors (Lipinski definition) is 4. The number of pyridine rings is 1. The number of rotatable bonds is 1. The van der Waals surface area contributed by atoms with E-state index in [1.54, 1.807) is 6.07 Å². The van der Waals surface area contributed by atoms with Gasteiger partial charge in [0.2, 0.25) is 0 Å². The minimum atomic E-state index is -0.165. The lowest BCUT2D eigenvalue weighted by atomic mass is 9.89. The van der Waals surface area contributed by atoms with Gasteiger partial charge in [0.25, 0.3) is 11.5 Å². The number of nitrogens with zero attached hydrogens (tertiary/aromatic N) is 1. The van der Waals surface area contributed by atoms with Crippen molar-refractivity contribution in [2.24, 2.45) is 0 Å². The van der Waals surface area contributed by atoms with E-state index >= 15 is 0 Å². The number of ether oxygens (including phenoxy) is 1. The van der Waals surface area contributed by atoms with Crippen LogP contribution in [0.25, 0.3) is 10.8 Å². The van der Waals surface area contributed by atoms with Crippen LogP contribution in [0.2, 0.25) is 0 Å². The molecule has 0 radical (unpaired) electrons. The molecule has 0 atom stereocenters. The predicted molar refractivity (Wildman–Crippen MR) is 91.3 cm³/mol. The van der Waals surface area contributed by atoms with Crippen LogP contribution in [0.15, 0.2) is 35.3 Å². The summed E-state index contributed by atoms with van der Waals surface area (Å²) >= 11 is 0. The Hall–Kier alpha value is -2.18. The molecule has 2 N–H and O–H groups in total. The van der Waals surface area contributed by atoms with Crippen molar-refractivity contribution >= 4 is 16.7 Å². The monoisotopic (exact) mass is 327 g/mol. The minimum absolute atomic E-state index is 0.0268. The zero-order valence-electron chi connectivity index (χ0n) is 13.5. The summed E-state index contributed by atoms with van der Waals surface area (Å²) in [5, 5.41) is 4.65. The highest BCUT2D eigenvalue weighted by molar-refractivity contribution is 6.06. The number of carbonyl (C=O) groups is 1. The van der Waals surface area contributed by atoms with Gasteiger partial charge in [0.15, 0.2) is 0 Å². The van der Waals surface area contributed by atoms with Crippen LogP contribution in [0, 0.1) is 0 Å². The van der Waals surface area contributed by atoms with Crippen LogP contribution in [-0.4, -0.2) is 54.2 Å². The van der Waals surface area contributed by atoms with Crippen molar-refractivity contribution in [3.63, 3.8) is 0 Å². The number of carbonyl (C=O) groups excluding carboxylic acids is 1. The fraction of sp³-hybridized carbons (Fsp3) is 0.444. The molecule has 1 aromatic carbocycles. The van der Waals surface area contributed by atoms with Crippen molar-refractivity contribution < 1.29 is 9.53 Å². The Morgan fingerprint density at radius 3 is 2.62 bits per heavy atom. The number of amides is 1. The van der Waals surface area contributed by atoms with E-state index in [-0.39, 0.29) is 17.1 Å². The molecule has 126 valence electrons. The van der Waals surface area contributed by atoms with Crippen molar-refractivity contribution in [3.8, 4) is 0 Å². The molecule has 6 nitrogen and oxygen atoms in total. The number of aromatic nitrogens is 1. The molecule has 0 unspecified atom stereocenters. The Balaban J connectivity index is 1.57. The number of H-pyrrole nitrogens is 1. The molecule has 1 aromatic heterocycles. The molecule has 6 heteroatoms. The molecule has 2 fully saturated rings. The molecule has 0 bridgehead atoms. The van der Waals surface area contributed by atoms with E-state index in [0.29, 0.717) is 29.4 Å². The van der Waals surface area contributed by atoms with Crippen molar-refractivity contribution in [1.82, 2.24) is 15.2 Å². The van der Waals surface area contributed by atoms with Gasteiger partial charge < -0.3 is 19.9 Å². The van der Waals surface area contributed by atoms with Crippen molar-refractivity contribution in [2.75, 3.05) is 32.8 Å². The number of piperidine rings is 1. The Morgan fingerprint density at radius 1 is 1.17 bits per heavy atom. The summed E-state index contributed by atoms with van der Waals surface area (Å²) < 4.78 is 5.98. The lowest BCUT2D eigenvalue weighted by molar-refractivity contribution is -0.0954. The smallest absolute Gasteiger partial charge is 0.255 e. The van der Waals surface area contributed by atoms with E-state index in [2.05, 4.69) is 10.3 Å². The Labute approximate surface area is 139 Å². The zero-order chi connectivity index (χ0) is 16.6. The van der Waals surface area contributed by atoms with Crippen LogP contribution in [0.1, 0.15) is 23.2 Å². The highest BCUT2D eigenvalue weighted by atomic mass is 16.5. The van der Waals surface area contributed by atoms with Crippen molar-refractivity contribution in [1.29, 1.82) is 0 Å². The fourth-order valence-corrected chi connectivity index (χ4v) is 3.70. The first kappa shape index (κ1) is 15.4. The summed E-state index contributed by atoms with van der Waals surface area (Å²) in [6.45, 7) is 3.84. The second-order valence-corrected chi connectivity index (χ2v) is 6.58. The normalized spacial score (nSPS) is 20.4. The first-order valence-corrected chi connectivity index (χ1v) is 8.43. The van der Waals surface area contributed by atoms with Crippen LogP contribution in [0.3, 0.4) is 0 Å². The number of fused-ring (bicyclic) bond motifs is 1. The summed E-state index contributed by atoms with van der Waals surface area (Å²) in [4.78, 5) is 29.4. The van der Waals surface area contributed by atoms with E-state index in [0.717, 1.165) is 32.5 Å². The van der Waals surface area contributed by atoms with Gasteiger partial charge in [-0.2, -0.15) is 0 Å². The number of benzene rings is 1. The molecule has 2 aliphatic heterocycles. The second kappa shape index (κ2) is 6.03. The van der Waals surface area contributed by atoms with Gasteiger partial charge in [0, 0.05) is 43.1 Å². The lowest BCUT2D eigenvalue weighted by Gasteiger charge is -2.44. The molecule has 1 spiro atoms. The van der Waals surface area contributed by atoms with Crippen LogP contribution in [0.5, 0.6) is 0 Å². The van der Waals surface area contributed by atoms with E-state index in [1.165, 1.54) is 6.20 Å². The summed E-state index contributed by atoms with van der Waals surface area (Å²) in [6, 6.07) is 7.24. The molecule has 0 aliphatic carbocycles. The molecular formula is C18H21N3O3. The number of aromatic amines is 1. The van der Waals surface area contributed by atoms with Crippen molar-refractivity contribution in [3.05, 3.63) is 46.4 Å². The predicted octanol–water partition coefficient (Wildman–Crippen LogP) is 1.12. The quantitative estimate of drug-likeness (QED) is 0.823. The number of morpholine rings is 1. The topological polar surface area (TPSA) is 74.4 Å². The Morgan fingerprint density at radius 2 is 1.92 bits per heavy atom. The van der Waals surface area contributed by atoms with Crippen molar-refractivity contribution in [2.45, 2.75) is 18.4 Å². The molecular weight excluding hydrogens is 306 g/mol. The van der Waals surface area contributed by atoms with Gasteiger partial charge in [-0.1, -0.05) is 18.2 Å². The Bertz CT molecular complexity index is 814. The number of hydrogen-bond donors (Lipinski definition) is 2. The SMILES string of the molecule is O=C(c1c[nH]c(=O)c2ccccc12)N1CCC2(CC1)CNCCO2. The van der Waals surface area contributed by atoms with Crippen LogP contribution in [-0.2, 0) is 4.74 Å². The maximum absolute atomic E-state index is 12.9. The third-order valence-corrected chi connectivity index (χ3v) is 5.14. The second-order valence-electron chi connectivity index (χ2n) is 6.58. The van der Waals surface area contributed by atoms with Gasteiger partial charge in [0.1, 0.15) is 0 Å². The maximum Gasteiger partial charge on any atom is 0.255 e. The molecule has 24 heavy (non-hydrogen) atoms. The highest BCUT2D eigenvalue weighted by Crippen LogP contribution is 2.28. The molecule has 2 aliphatic rings. The van der Waals surface area contributed by atoms with E-state index in [9.17, 15) is 9.59 Å². The lowest BCUT2D eigenvalue weighted by Crippen LogP contribution is -2.56. The molecule has 1 amide bonds. The van der Waals surface area contributed by atoms with Gasteiger partial charge in [-0.05, 0) is 18.9 Å². The first-order valence-electron chi connectivity index (χ1n) is 8.43. The van der Waals surface area contributed by atoms with Gasteiger partial charge in [-0.25, -0.2) is 0 Å². The summed E-state index contributed by atoms with van der Waals surface area (Å²) in [5.41, 5.74) is 0.271. The minimum Gasteiger partial charge on any atom is -0.372 e. The zero-order valence-corrected chi connectivity index (χ0v) is 13.5. The first-order chi connectivity index (χ1) is 11.7. The molecule has 2 saturated heterocycles. The average molecular weight is 327 g/mol. The summed E-state index contributed by atoms with van der Waals surface area (Å²) in [6.07, 6.45) is 3.22. The average Bonchev–Trinajstić information content (AvgIpc) is 2.63. The van der Waals surface area contributed by atoms with Gasteiger partial charge in [-0.15, -0.1) is 0 Å². The third-order valence-electron chi connectivity index (χ3n) is 5.14. The number of nitrogens with one attached hydrogen (secondary N) is 2. The third kappa shape index (κ3) is 2.61. The van der Waals surface area contributed by atoms with Gasteiger partial charge in [-0.3, -0.25) is 9.59 Å². The van der Waals surface area contributed by atoms with Crippen LogP contribution >= 0.6 is 0 Å². The summed E-state index contributed by atoms with van der Waals surface area (Å²) in [7, 11) is 0. The largest absolute Gasteiger partial charge is 0.372 e. The van der Waals surface area contributed by atoms with Crippen LogP contribution in [0.4, 0.5) is 0 Å². The Kier molecular flexibility index (Phi) is 3.86. The van der Waals surface area contributed by atoms with Gasteiger partial charge in [0.05, 0.1) is 17.8 Å². The number of likely N-dealkylation sites (tertiary alicyclic amines) is 1. The van der Waals surface area contributed by atoms with E-state index in [4.69, 9.17) is 4.74 Å². The fourth-order valence-electron chi connectivity index (χ4n) is 3.70. The summed E-state index contributed by atoms with van der Waals surface area (Å²) in [5.74, 6) is -0.0268. The van der Waals surface area contributed by atoms with Gasteiger partial charge >= 0.3 is 0 Å². The van der Waals surface area contributed by atoms with E-state index in [1.807, 2.05) is 23.1 Å².